The minimum Gasteiger partial charge on any atom is -0.331 e. The zero-order chi connectivity index (χ0) is 22.4. The van der Waals surface area contributed by atoms with E-state index >= 15 is 0 Å². The SMILES string of the molecule is Cc1cc(C(=O)N2Cc3c(nn4c3C(=O)N(Cc3ccccn3)CC4)C[C@H]2C)ccc1Cl. The van der Waals surface area contributed by atoms with Gasteiger partial charge in [0.25, 0.3) is 11.8 Å². The van der Waals surface area contributed by atoms with Gasteiger partial charge in [0.15, 0.2) is 0 Å². The van der Waals surface area contributed by atoms with Crippen molar-refractivity contribution in [2.24, 2.45) is 0 Å². The van der Waals surface area contributed by atoms with Crippen LogP contribution >= 0.6 is 11.6 Å². The minimum absolute atomic E-state index is 0.0114. The lowest BCUT2D eigenvalue weighted by molar-refractivity contribution is 0.0636. The number of carbonyl (C=O) groups excluding carboxylic acids is 2. The van der Waals surface area contributed by atoms with Gasteiger partial charge in [-0.25, -0.2) is 0 Å². The van der Waals surface area contributed by atoms with Crippen LogP contribution in [-0.2, 0) is 26.1 Å². The molecular weight excluding hydrogens is 426 g/mol. The molecule has 0 saturated heterocycles. The summed E-state index contributed by atoms with van der Waals surface area (Å²) >= 11 is 6.14. The number of nitrogens with zero attached hydrogens (tertiary/aromatic N) is 5. The number of benzene rings is 1. The van der Waals surface area contributed by atoms with Gasteiger partial charge in [0.2, 0.25) is 0 Å². The third-order valence-corrected chi connectivity index (χ3v) is 6.72. The molecule has 0 unspecified atom stereocenters. The highest BCUT2D eigenvalue weighted by Gasteiger charge is 2.37. The third kappa shape index (κ3) is 3.56. The van der Waals surface area contributed by atoms with Crippen LogP contribution in [0.15, 0.2) is 42.6 Å². The van der Waals surface area contributed by atoms with E-state index in [-0.39, 0.29) is 17.9 Å². The number of pyridine rings is 1. The Hall–Kier alpha value is -3.19. The molecule has 2 aromatic heterocycles. The second-order valence-electron chi connectivity index (χ2n) is 8.49. The summed E-state index contributed by atoms with van der Waals surface area (Å²) in [5.41, 5.74) is 4.69. The van der Waals surface area contributed by atoms with Crippen molar-refractivity contribution in [2.75, 3.05) is 6.54 Å². The number of aryl methyl sites for hydroxylation is 1. The fourth-order valence-corrected chi connectivity index (χ4v) is 4.63. The van der Waals surface area contributed by atoms with Crippen molar-refractivity contribution < 1.29 is 9.59 Å². The Morgan fingerprint density at radius 3 is 2.81 bits per heavy atom. The molecule has 8 heteroatoms. The quantitative estimate of drug-likeness (QED) is 0.613. The van der Waals surface area contributed by atoms with E-state index < -0.39 is 0 Å². The van der Waals surface area contributed by atoms with E-state index in [1.54, 1.807) is 18.3 Å². The summed E-state index contributed by atoms with van der Waals surface area (Å²) < 4.78 is 1.81. The van der Waals surface area contributed by atoms with Gasteiger partial charge in [0.05, 0.1) is 31.0 Å². The van der Waals surface area contributed by atoms with Gasteiger partial charge in [0.1, 0.15) is 5.69 Å². The number of hydrogen-bond acceptors (Lipinski definition) is 4. The summed E-state index contributed by atoms with van der Waals surface area (Å²) in [6.07, 6.45) is 2.36. The first kappa shape index (κ1) is 20.7. The first-order valence-electron chi connectivity index (χ1n) is 10.8. The molecule has 2 aliphatic heterocycles. The largest absolute Gasteiger partial charge is 0.331 e. The van der Waals surface area contributed by atoms with Gasteiger partial charge in [-0.05, 0) is 49.7 Å². The molecule has 4 heterocycles. The number of aromatic nitrogens is 3. The monoisotopic (exact) mass is 449 g/mol. The summed E-state index contributed by atoms with van der Waals surface area (Å²) in [5, 5.41) is 5.36. The number of hydrogen-bond donors (Lipinski definition) is 0. The topological polar surface area (TPSA) is 71.3 Å². The Morgan fingerprint density at radius 1 is 1.22 bits per heavy atom. The van der Waals surface area contributed by atoms with Crippen LogP contribution in [0.1, 0.15) is 50.3 Å². The Morgan fingerprint density at radius 2 is 2.06 bits per heavy atom. The maximum atomic E-state index is 13.4. The lowest BCUT2D eigenvalue weighted by Gasteiger charge is -2.34. The Bertz CT molecular complexity index is 1210. The van der Waals surface area contributed by atoms with E-state index in [0.717, 1.165) is 22.5 Å². The van der Waals surface area contributed by atoms with Crippen LogP contribution in [0.4, 0.5) is 0 Å². The van der Waals surface area contributed by atoms with Crippen molar-refractivity contribution in [3.63, 3.8) is 0 Å². The highest BCUT2D eigenvalue weighted by molar-refractivity contribution is 6.31. The van der Waals surface area contributed by atoms with Gasteiger partial charge in [-0.3, -0.25) is 19.3 Å². The Labute approximate surface area is 191 Å². The van der Waals surface area contributed by atoms with Crippen molar-refractivity contribution in [1.82, 2.24) is 24.6 Å². The molecule has 1 aromatic carbocycles. The average molecular weight is 450 g/mol. The number of rotatable bonds is 3. The van der Waals surface area contributed by atoms with Crippen molar-refractivity contribution in [3.05, 3.63) is 81.4 Å². The molecule has 7 nitrogen and oxygen atoms in total. The van der Waals surface area contributed by atoms with Crippen LogP contribution < -0.4 is 0 Å². The first-order chi connectivity index (χ1) is 15.4. The summed E-state index contributed by atoms with van der Waals surface area (Å²) in [5.74, 6) is -0.114. The molecule has 0 aliphatic carbocycles. The second kappa shape index (κ2) is 8.06. The van der Waals surface area contributed by atoms with Gasteiger partial charge in [-0.1, -0.05) is 17.7 Å². The predicted octanol–water partition coefficient (Wildman–Crippen LogP) is 3.48. The van der Waals surface area contributed by atoms with Crippen LogP contribution in [0.2, 0.25) is 5.02 Å². The lowest BCUT2D eigenvalue weighted by Crippen LogP contribution is -2.44. The molecule has 2 amide bonds. The minimum atomic E-state index is -0.0588. The van der Waals surface area contributed by atoms with Gasteiger partial charge in [-0.15, -0.1) is 0 Å². The first-order valence-corrected chi connectivity index (χ1v) is 11.1. The third-order valence-electron chi connectivity index (χ3n) is 6.30. The van der Waals surface area contributed by atoms with Crippen LogP contribution in [0.3, 0.4) is 0 Å². The van der Waals surface area contributed by atoms with E-state index in [1.807, 2.05) is 52.6 Å². The fourth-order valence-electron chi connectivity index (χ4n) is 4.52. The highest BCUT2D eigenvalue weighted by atomic mass is 35.5. The van der Waals surface area contributed by atoms with Crippen molar-refractivity contribution in [2.45, 2.75) is 45.9 Å². The molecule has 1 atom stereocenters. The van der Waals surface area contributed by atoms with Crippen molar-refractivity contribution in [1.29, 1.82) is 0 Å². The molecule has 0 fully saturated rings. The summed E-state index contributed by atoms with van der Waals surface area (Å²) in [6.45, 7) is 5.97. The van der Waals surface area contributed by atoms with E-state index in [0.29, 0.717) is 48.9 Å². The van der Waals surface area contributed by atoms with Gasteiger partial charge in [0, 0.05) is 41.4 Å². The molecule has 3 aromatic rings. The Balaban J connectivity index is 1.43. The molecule has 0 radical (unpaired) electrons. The molecule has 0 spiro atoms. The zero-order valence-corrected chi connectivity index (χ0v) is 18.8. The maximum absolute atomic E-state index is 13.4. The van der Waals surface area contributed by atoms with Gasteiger partial charge in [-0.2, -0.15) is 5.10 Å². The van der Waals surface area contributed by atoms with E-state index in [4.69, 9.17) is 16.7 Å². The molecule has 164 valence electrons. The summed E-state index contributed by atoms with van der Waals surface area (Å²) in [4.78, 5) is 34.7. The van der Waals surface area contributed by atoms with Crippen LogP contribution in [0, 0.1) is 6.92 Å². The molecule has 5 rings (SSSR count). The summed E-state index contributed by atoms with van der Waals surface area (Å²) in [6, 6.07) is 11.0. The zero-order valence-electron chi connectivity index (χ0n) is 18.1. The normalized spacial score (nSPS) is 17.8. The molecule has 0 N–H and O–H groups in total. The second-order valence-corrected chi connectivity index (χ2v) is 8.90. The fraction of sp³-hybridized carbons (Fsp3) is 0.333. The smallest absolute Gasteiger partial charge is 0.272 e. The van der Waals surface area contributed by atoms with Crippen molar-refractivity contribution in [3.8, 4) is 0 Å². The Kier molecular flexibility index (Phi) is 5.21. The van der Waals surface area contributed by atoms with Crippen LogP contribution in [0.25, 0.3) is 0 Å². The molecule has 32 heavy (non-hydrogen) atoms. The van der Waals surface area contributed by atoms with Gasteiger partial charge < -0.3 is 9.80 Å². The van der Waals surface area contributed by atoms with Gasteiger partial charge >= 0.3 is 0 Å². The van der Waals surface area contributed by atoms with E-state index in [2.05, 4.69) is 4.98 Å². The van der Waals surface area contributed by atoms with Crippen LogP contribution in [-0.4, -0.2) is 49.0 Å². The highest BCUT2D eigenvalue weighted by Crippen LogP contribution is 2.30. The molecular formula is C24H24ClN5O2. The maximum Gasteiger partial charge on any atom is 0.272 e. The van der Waals surface area contributed by atoms with E-state index in [1.165, 1.54) is 0 Å². The van der Waals surface area contributed by atoms with E-state index in [9.17, 15) is 9.59 Å². The number of halogens is 1. The van der Waals surface area contributed by atoms with Crippen LogP contribution in [0.5, 0.6) is 0 Å². The lowest BCUT2D eigenvalue weighted by atomic mass is 9.97. The standard InChI is InChI=1S/C24H24ClN5O2/c1-15-11-17(6-7-20(15)25)23(31)29-14-19-21(12-16(29)2)27-30-10-9-28(24(32)22(19)30)13-18-5-3-4-8-26-18/h3-8,11,16H,9-10,12-14H2,1-2H3/t16-/m1/s1. The molecule has 2 aliphatic rings. The number of amides is 2. The average Bonchev–Trinajstić information content (AvgIpc) is 3.15. The molecule has 0 saturated carbocycles. The predicted molar refractivity (Wildman–Crippen MR) is 120 cm³/mol. The molecule has 0 bridgehead atoms. The van der Waals surface area contributed by atoms with Crippen molar-refractivity contribution >= 4 is 23.4 Å². The number of fused-ring (bicyclic) bond motifs is 3. The summed E-state index contributed by atoms with van der Waals surface area (Å²) in [7, 11) is 0. The number of carbonyl (C=O) groups is 2.